The molecule has 1 aliphatic rings. The molecule has 3 aromatic rings. The van der Waals surface area contributed by atoms with Crippen LogP contribution in [0.1, 0.15) is 35.5 Å². The SMILES string of the molecule is Cn1c(C(=O)NC2(c3ccc(C(C)(C)C(=O)O)cc3F)COC2)cc2c(Cl)c(Cl)ccc21. The standard InChI is InChI=1S/C23H21Cl2FN2O4/c1-22(2,21(30)31)12-4-5-14(16(26)8-12)23(10-32-11-23)27-20(29)18-9-13-17(28(18)3)7-6-15(24)19(13)25/h4-9H,10-11H2,1-3H3,(H,27,29)(H,30,31). The predicted octanol–water partition coefficient (Wildman–Crippen LogP) is 4.64. The maximum absolute atomic E-state index is 15.1. The molecule has 9 heteroatoms. The number of hydrogen-bond acceptors (Lipinski definition) is 3. The summed E-state index contributed by atoms with van der Waals surface area (Å²) in [5.74, 6) is -2.09. The average Bonchev–Trinajstić information content (AvgIpc) is 3.05. The molecule has 0 spiro atoms. The smallest absolute Gasteiger partial charge is 0.313 e. The molecule has 1 fully saturated rings. The second kappa shape index (κ2) is 7.76. The number of aryl methyl sites for hydroxylation is 1. The van der Waals surface area contributed by atoms with Crippen LogP contribution >= 0.6 is 23.2 Å². The number of rotatable bonds is 5. The van der Waals surface area contributed by atoms with Gasteiger partial charge in [0.15, 0.2) is 0 Å². The maximum atomic E-state index is 15.1. The van der Waals surface area contributed by atoms with Crippen molar-refractivity contribution in [2.45, 2.75) is 24.8 Å². The second-order valence-corrected chi connectivity index (χ2v) is 9.32. The van der Waals surface area contributed by atoms with Crippen molar-refractivity contribution >= 4 is 46.0 Å². The topological polar surface area (TPSA) is 80.6 Å². The molecule has 6 nitrogen and oxygen atoms in total. The van der Waals surface area contributed by atoms with Gasteiger partial charge in [0.25, 0.3) is 5.91 Å². The Morgan fingerprint density at radius 1 is 1.19 bits per heavy atom. The fraction of sp³-hybridized carbons (Fsp3) is 0.304. The van der Waals surface area contributed by atoms with Gasteiger partial charge in [-0.2, -0.15) is 0 Å². The summed E-state index contributed by atoms with van der Waals surface area (Å²) in [6.45, 7) is 3.19. The van der Waals surface area contributed by atoms with Crippen molar-refractivity contribution in [2.75, 3.05) is 13.2 Å². The van der Waals surface area contributed by atoms with Crippen molar-refractivity contribution < 1.29 is 23.8 Å². The molecule has 0 bridgehead atoms. The Morgan fingerprint density at radius 3 is 2.44 bits per heavy atom. The summed E-state index contributed by atoms with van der Waals surface area (Å²) in [6.07, 6.45) is 0. The molecule has 1 saturated heterocycles. The van der Waals surface area contributed by atoms with E-state index in [-0.39, 0.29) is 18.8 Å². The molecule has 168 valence electrons. The number of carbonyl (C=O) groups excluding carboxylic acids is 1. The minimum absolute atomic E-state index is 0.0911. The third-order valence-corrected chi connectivity index (χ3v) is 6.96. The Balaban J connectivity index is 1.69. The zero-order valence-corrected chi connectivity index (χ0v) is 19.1. The van der Waals surface area contributed by atoms with Crippen molar-refractivity contribution in [2.24, 2.45) is 7.05 Å². The van der Waals surface area contributed by atoms with Crippen molar-refractivity contribution in [3.05, 3.63) is 69.1 Å². The molecule has 0 atom stereocenters. The van der Waals surface area contributed by atoms with Gasteiger partial charge in [0.05, 0.1) is 28.7 Å². The van der Waals surface area contributed by atoms with E-state index in [9.17, 15) is 14.7 Å². The van der Waals surface area contributed by atoms with Gasteiger partial charge in [-0.25, -0.2) is 4.39 Å². The van der Waals surface area contributed by atoms with Gasteiger partial charge < -0.3 is 19.7 Å². The molecule has 2 aromatic carbocycles. The van der Waals surface area contributed by atoms with Gasteiger partial charge in [0.1, 0.15) is 17.1 Å². The zero-order chi connectivity index (χ0) is 23.4. The minimum atomic E-state index is -1.25. The van der Waals surface area contributed by atoms with Gasteiger partial charge in [-0.15, -0.1) is 0 Å². The number of nitrogens with one attached hydrogen (secondary N) is 1. The van der Waals surface area contributed by atoms with Gasteiger partial charge in [-0.3, -0.25) is 9.59 Å². The first-order valence-electron chi connectivity index (χ1n) is 9.85. The molecular weight excluding hydrogens is 458 g/mol. The highest BCUT2D eigenvalue weighted by Crippen LogP contribution is 2.36. The van der Waals surface area contributed by atoms with Crippen LogP contribution in [-0.2, 0) is 27.5 Å². The minimum Gasteiger partial charge on any atom is -0.481 e. The highest BCUT2D eigenvalue weighted by Gasteiger charge is 2.44. The highest BCUT2D eigenvalue weighted by molar-refractivity contribution is 6.45. The first-order valence-corrected chi connectivity index (χ1v) is 10.6. The van der Waals surface area contributed by atoms with Crippen LogP contribution in [0.4, 0.5) is 4.39 Å². The summed E-state index contributed by atoms with van der Waals surface area (Å²) in [5.41, 5.74) is -0.690. The van der Waals surface area contributed by atoms with E-state index in [1.54, 1.807) is 35.9 Å². The fourth-order valence-electron chi connectivity index (χ4n) is 3.87. The number of carboxylic acid groups (broad SMARTS) is 1. The maximum Gasteiger partial charge on any atom is 0.313 e. The van der Waals surface area contributed by atoms with E-state index >= 15 is 4.39 Å². The average molecular weight is 479 g/mol. The first kappa shape index (κ1) is 22.6. The van der Waals surface area contributed by atoms with Crippen LogP contribution in [0, 0.1) is 5.82 Å². The van der Waals surface area contributed by atoms with Crippen molar-refractivity contribution in [1.82, 2.24) is 9.88 Å². The molecule has 0 radical (unpaired) electrons. The summed E-state index contributed by atoms with van der Waals surface area (Å²) in [6, 6.07) is 9.35. The Morgan fingerprint density at radius 2 is 1.88 bits per heavy atom. The number of halogens is 3. The van der Waals surface area contributed by atoms with E-state index in [4.69, 9.17) is 27.9 Å². The van der Waals surface area contributed by atoms with Crippen LogP contribution in [0.15, 0.2) is 36.4 Å². The zero-order valence-electron chi connectivity index (χ0n) is 17.6. The number of aromatic nitrogens is 1. The first-order chi connectivity index (χ1) is 15.0. The molecule has 4 rings (SSSR count). The van der Waals surface area contributed by atoms with Crippen molar-refractivity contribution in [3.63, 3.8) is 0 Å². The molecule has 0 aliphatic carbocycles. The Kier molecular flexibility index (Phi) is 5.48. The number of carbonyl (C=O) groups is 2. The molecule has 1 amide bonds. The van der Waals surface area contributed by atoms with E-state index in [1.165, 1.54) is 26.0 Å². The summed E-state index contributed by atoms with van der Waals surface area (Å²) in [4.78, 5) is 24.7. The van der Waals surface area contributed by atoms with E-state index < -0.39 is 28.6 Å². The third-order valence-electron chi connectivity index (χ3n) is 6.14. The van der Waals surface area contributed by atoms with Gasteiger partial charge in [-0.1, -0.05) is 35.3 Å². The molecule has 2 heterocycles. The lowest BCUT2D eigenvalue weighted by Gasteiger charge is -2.42. The van der Waals surface area contributed by atoms with Crippen LogP contribution in [0.25, 0.3) is 10.9 Å². The van der Waals surface area contributed by atoms with Gasteiger partial charge in [0.2, 0.25) is 0 Å². The van der Waals surface area contributed by atoms with Crippen LogP contribution in [0.3, 0.4) is 0 Å². The Hall–Kier alpha value is -2.61. The summed E-state index contributed by atoms with van der Waals surface area (Å²) in [5, 5.41) is 13.7. The Labute approximate surface area is 193 Å². The number of nitrogens with zero attached hydrogens (tertiary/aromatic N) is 1. The number of amides is 1. The van der Waals surface area contributed by atoms with Crippen molar-refractivity contribution in [3.8, 4) is 0 Å². The number of benzene rings is 2. The third kappa shape index (κ3) is 3.45. The number of hydrogen-bond donors (Lipinski definition) is 2. The molecule has 0 saturated carbocycles. The summed E-state index contributed by atoms with van der Waals surface area (Å²) in [7, 11) is 1.73. The predicted molar refractivity (Wildman–Crippen MR) is 120 cm³/mol. The summed E-state index contributed by atoms with van der Waals surface area (Å²) < 4.78 is 22.1. The van der Waals surface area contributed by atoms with Crippen LogP contribution in [0.5, 0.6) is 0 Å². The highest BCUT2D eigenvalue weighted by atomic mass is 35.5. The van der Waals surface area contributed by atoms with Crippen LogP contribution in [0.2, 0.25) is 10.0 Å². The van der Waals surface area contributed by atoms with Gasteiger partial charge in [0, 0.05) is 23.5 Å². The molecule has 1 aliphatic heterocycles. The number of fused-ring (bicyclic) bond motifs is 1. The van der Waals surface area contributed by atoms with E-state index in [0.29, 0.717) is 26.7 Å². The fourth-order valence-corrected chi connectivity index (χ4v) is 4.24. The number of ether oxygens (including phenoxy) is 1. The lowest BCUT2D eigenvalue weighted by atomic mass is 9.81. The number of carboxylic acids is 1. The van der Waals surface area contributed by atoms with Crippen molar-refractivity contribution in [1.29, 1.82) is 0 Å². The quantitative estimate of drug-likeness (QED) is 0.559. The van der Waals surface area contributed by atoms with Gasteiger partial charge in [-0.05, 0) is 43.7 Å². The molecule has 2 N–H and O–H groups in total. The molecule has 32 heavy (non-hydrogen) atoms. The van der Waals surface area contributed by atoms with E-state index in [1.807, 2.05) is 0 Å². The second-order valence-electron chi connectivity index (χ2n) is 8.54. The lowest BCUT2D eigenvalue weighted by Crippen LogP contribution is -2.60. The van der Waals surface area contributed by atoms with Crippen LogP contribution < -0.4 is 5.32 Å². The molecule has 1 aromatic heterocycles. The van der Waals surface area contributed by atoms with E-state index in [0.717, 1.165) is 5.52 Å². The largest absolute Gasteiger partial charge is 0.481 e. The van der Waals surface area contributed by atoms with E-state index in [2.05, 4.69) is 5.32 Å². The molecular formula is C23H21Cl2FN2O4. The molecule has 0 unspecified atom stereocenters. The van der Waals surface area contributed by atoms with Gasteiger partial charge >= 0.3 is 5.97 Å². The normalized spacial score (nSPS) is 15.4. The summed E-state index contributed by atoms with van der Waals surface area (Å²) >= 11 is 12.4. The Bertz CT molecular complexity index is 1260. The lowest BCUT2D eigenvalue weighted by molar-refractivity contribution is -0.142. The monoisotopic (exact) mass is 478 g/mol. The van der Waals surface area contributed by atoms with Crippen LogP contribution in [-0.4, -0.2) is 34.8 Å². The number of aliphatic carboxylic acids is 1.